The Morgan fingerprint density at radius 2 is 1.03 bits per heavy atom. The minimum absolute atomic E-state index is 0.00187. The van der Waals surface area contributed by atoms with Crippen LogP contribution in [0.25, 0.3) is 11.1 Å². The van der Waals surface area contributed by atoms with Crippen molar-refractivity contribution in [3.63, 3.8) is 0 Å². The largest absolute Gasteiger partial charge is 0.348 e. The summed E-state index contributed by atoms with van der Waals surface area (Å²) >= 11 is 15.7. The molecule has 0 spiro atoms. The molecule has 184 valence electrons. The quantitative estimate of drug-likeness (QED) is 0.359. The molecule has 0 aliphatic carbocycles. The molecule has 0 radical (unpaired) electrons. The topological polar surface area (TPSA) is 114 Å². The van der Waals surface area contributed by atoms with Gasteiger partial charge >= 0.3 is 0 Å². The summed E-state index contributed by atoms with van der Waals surface area (Å²) in [5.74, 6) is 0. The highest BCUT2D eigenvalue weighted by molar-refractivity contribution is 8.49. The number of ether oxygens (including phenoxy) is 2. The maximum Gasteiger partial charge on any atom is 0.179 e. The Morgan fingerprint density at radius 1 is 0.622 bits per heavy atom. The zero-order chi connectivity index (χ0) is 25.8. The lowest BCUT2D eigenvalue weighted by Gasteiger charge is -2.17. The fourth-order valence-electron chi connectivity index (χ4n) is 3.16. The second kappa shape index (κ2) is 12.8. The van der Waals surface area contributed by atoms with Crippen molar-refractivity contribution in [2.45, 2.75) is 10.9 Å². The van der Waals surface area contributed by atoms with Crippen LogP contribution in [0, 0.1) is 45.3 Å². The third-order valence-corrected chi connectivity index (χ3v) is 17.0. The molecule has 14 heteroatoms. The molecule has 6 nitrogen and oxygen atoms in total. The maximum absolute atomic E-state index is 8.63. The van der Waals surface area contributed by atoms with Gasteiger partial charge in [-0.3, -0.25) is 0 Å². The van der Waals surface area contributed by atoms with Gasteiger partial charge in [0.15, 0.2) is 6.29 Å². The van der Waals surface area contributed by atoms with Gasteiger partial charge in [0.25, 0.3) is 0 Å². The zero-order valence-electron chi connectivity index (χ0n) is 18.5. The van der Waals surface area contributed by atoms with Crippen molar-refractivity contribution in [3.05, 3.63) is 60.1 Å². The van der Waals surface area contributed by atoms with Crippen LogP contribution in [0.4, 0.5) is 0 Å². The smallest absolute Gasteiger partial charge is 0.179 e. The summed E-state index contributed by atoms with van der Waals surface area (Å²) in [7, 11) is 0. The molecule has 6 rings (SSSR count). The lowest BCUT2D eigenvalue weighted by atomic mass is 10.1. The van der Waals surface area contributed by atoms with Crippen LogP contribution in [0.3, 0.4) is 0 Å². The summed E-state index contributed by atoms with van der Waals surface area (Å²) in [5.41, 5.74) is 0.00373. The molecule has 5 aliphatic rings. The van der Waals surface area contributed by atoms with Crippen molar-refractivity contribution >= 4 is 105 Å². The third-order valence-electron chi connectivity index (χ3n) is 4.85. The van der Waals surface area contributed by atoms with Crippen LogP contribution in [0.5, 0.6) is 0 Å². The predicted octanol–water partition coefficient (Wildman–Crippen LogP) is 6.03. The van der Waals surface area contributed by atoms with Gasteiger partial charge in [0, 0.05) is 15.5 Å². The highest BCUT2D eigenvalue weighted by Gasteiger charge is 2.41. The number of hydrogen-bond acceptors (Lipinski definition) is 14. The Balaban J connectivity index is 0.000000159. The van der Waals surface area contributed by atoms with Gasteiger partial charge in [-0.15, -0.1) is 23.5 Å². The SMILES string of the molecule is C1COC(C2SC3=C(SC(=C4SC5=C(SCS5)S4)S3)S2)O1.N#CC(C#N)=c1ccc(=C(C#N)C#N)cc1. The van der Waals surface area contributed by atoms with Crippen molar-refractivity contribution < 1.29 is 9.47 Å². The first kappa shape index (κ1) is 27.4. The minimum Gasteiger partial charge on any atom is -0.348 e. The molecule has 0 saturated carbocycles. The first-order chi connectivity index (χ1) is 18.1. The molecule has 5 heterocycles. The number of rotatable bonds is 1. The Labute approximate surface area is 247 Å². The second-order valence-electron chi connectivity index (χ2n) is 7.03. The van der Waals surface area contributed by atoms with Crippen LogP contribution in [-0.4, -0.2) is 29.2 Å². The minimum atomic E-state index is -0.0311. The van der Waals surface area contributed by atoms with E-state index >= 15 is 0 Å². The summed E-state index contributed by atoms with van der Waals surface area (Å²) in [6, 6.07) is 13.2. The molecular weight excluding hydrogens is 621 g/mol. The van der Waals surface area contributed by atoms with Crippen molar-refractivity contribution in [3.8, 4) is 24.3 Å². The summed E-state index contributed by atoms with van der Waals surface area (Å²) in [6.07, 6.45) is -0.0311. The lowest BCUT2D eigenvalue weighted by molar-refractivity contribution is -0.0271. The molecule has 0 atom stereocenters. The van der Waals surface area contributed by atoms with Crippen molar-refractivity contribution in [2.75, 3.05) is 18.3 Å². The molecule has 37 heavy (non-hydrogen) atoms. The van der Waals surface area contributed by atoms with E-state index in [4.69, 9.17) is 30.5 Å². The van der Waals surface area contributed by atoms with E-state index in [1.54, 1.807) is 24.3 Å². The fraction of sp³-hybridized carbons (Fsp3) is 0.217. The normalized spacial score (nSPS) is 20.5. The number of benzene rings is 1. The lowest BCUT2D eigenvalue weighted by Crippen LogP contribution is -2.19. The molecular formula is C23H12N4O2S8. The maximum atomic E-state index is 8.63. The Kier molecular flexibility index (Phi) is 9.49. The van der Waals surface area contributed by atoms with E-state index in [9.17, 15) is 0 Å². The Morgan fingerprint density at radius 3 is 1.43 bits per heavy atom. The van der Waals surface area contributed by atoms with E-state index in [1.807, 2.05) is 94.1 Å². The van der Waals surface area contributed by atoms with Crippen LogP contribution >= 0.6 is 94.1 Å². The second-order valence-corrected chi connectivity index (χ2v) is 17.6. The van der Waals surface area contributed by atoms with Crippen molar-refractivity contribution in [1.29, 1.82) is 21.0 Å². The van der Waals surface area contributed by atoms with Gasteiger partial charge in [-0.1, -0.05) is 94.8 Å². The molecule has 1 aromatic carbocycles. The monoisotopic (exact) mass is 632 g/mol. The molecule has 0 N–H and O–H groups in total. The average Bonchev–Trinajstić information content (AvgIpc) is 3.72. The van der Waals surface area contributed by atoms with E-state index in [1.165, 1.54) is 54.8 Å². The predicted molar refractivity (Wildman–Crippen MR) is 161 cm³/mol. The van der Waals surface area contributed by atoms with Crippen LogP contribution in [0.2, 0.25) is 0 Å². The summed E-state index contributed by atoms with van der Waals surface area (Å²) < 4.78 is 20.5. The molecule has 1 aromatic rings. The van der Waals surface area contributed by atoms with Crippen LogP contribution in [0.1, 0.15) is 0 Å². The molecule has 0 aromatic heterocycles. The number of nitriles is 4. The van der Waals surface area contributed by atoms with Crippen LogP contribution in [-0.2, 0) is 9.47 Å². The number of thioether (sulfide) groups is 8. The van der Waals surface area contributed by atoms with Crippen LogP contribution in [0.15, 0.2) is 49.7 Å². The highest BCUT2D eigenvalue weighted by Crippen LogP contribution is 2.71. The Bertz CT molecular complexity index is 1380. The number of hydrogen-bond donors (Lipinski definition) is 0. The van der Waals surface area contributed by atoms with Gasteiger partial charge in [0.05, 0.1) is 38.6 Å². The molecule has 5 aliphatic heterocycles. The molecule has 1 saturated heterocycles. The number of nitrogens with zero attached hydrogens (tertiary/aromatic N) is 4. The van der Waals surface area contributed by atoms with E-state index in [2.05, 4.69) is 0 Å². The standard InChI is InChI=1S/C12H4N4.C11H8O2S8/c13-5-11(6-14)9-1-2-10(4-3-9)12(7-15)8-16;1-2-13-4(12-1)5-16-8-9(17-5)21-11(20-8)10-18-6-7(19-10)15-3-14-6/h1-4H;4-5H,1-3H2. The van der Waals surface area contributed by atoms with Gasteiger partial charge in [-0.05, 0) is 0 Å². The molecule has 0 unspecified atom stereocenters. The zero-order valence-corrected chi connectivity index (χ0v) is 25.0. The van der Waals surface area contributed by atoms with Gasteiger partial charge in [-0.2, -0.15) is 21.0 Å². The van der Waals surface area contributed by atoms with E-state index < -0.39 is 0 Å². The molecule has 0 amide bonds. The average molecular weight is 633 g/mol. The van der Waals surface area contributed by atoms with Gasteiger partial charge in [-0.25, -0.2) is 0 Å². The van der Waals surface area contributed by atoms with Gasteiger partial charge < -0.3 is 9.47 Å². The first-order valence-corrected chi connectivity index (χ1v) is 17.3. The van der Waals surface area contributed by atoms with Crippen molar-refractivity contribution in [2.24, 2.45) is 0 Å². The summed E-state index contributed by atoms with van der Waals surface area (Å²) in [4.78, 5) is 0. The summed E-state index contributed by atoms with van der Waals surface area (Å²) in [5, 5.41) is 36.7. The first-order valence-electron chi connectivity index (χ1n) is 10.3. The third kappa shape index (κ3) is 6.21. The summed E-state index contributed by atoms with van der Waals surface area (Å²) in [6.45, 7) is 1.48. The molecule has 1 fully saturated rings. The Hall–Kier alpha value is -1.14. The van der Waals surface area contributed by atoms with Crippen LogP contribution < -0.4 is 10.4 Å². The highest BCUT2D eigenvalue weighted by atomic mass is 32.3. The van der Waals surface area contributed by atoms with Gasteiger partial charge in [0.2, 0.25) is 0 Å². The molecule has 0 bridgehead atoms. The van der Waals surface area contributed by atoms with E-state index in [-0.39, 0.29) is 17.4 Å². The fourth-order valence-corrected chi connectivity index (χ4v) is 16.7. The van der Waals surface area contributed by atoms with E-state index in [0.29, 0.717) is 15.0 Å². The van der Waals surface area contributed by atoms with E-state index in [0.717, 1.165) is 13.2 Å². The van der Waals surface area contributed by atoms with Crippen molar-refractivity contribution in [1.82, 2.24) is 0 Å². The van der Waals surface area contributed by atoms with Gasteiger partial charge in [0.1, 0.15) is 40.0 Å².